The summed E-state index contributed by atoms with van der Waals surface area (Å²) >= 11 is 1.69. The molecule has 136 valence electrons. The second-order valence-corrected chi connectivity index (χ2v) is 7.87. The van der Waals surface area contributed by atoms with Gasteiger partial charge in [-0.2, -0.15) is 0 Å². The molecular weight excluding hydrogens is 342 g/mol. The molecule has 2 atom stereocenters. The minimum absolute atomic E-state index is 0.127. The number of aliphatic hydroxyl groups is 1. The Bertz CT molecular complexity index is 770. The lowest BCUT2D eigenvalue weighted by Gasteiger charge is -2.27. The van der Waals surface area contributed by atoms with Gasteiger partial charge in [0.15, 0.2) is 0 Å². The summed E-state index contributed by atoms with van der Waals surface area (Å²) in [5.74, 6) is -0.147. The van der Waals surface area contributed by atoms with Gasteiger partial charge in [0, 0.05) is 15.9 Å². The van der Waals surface area contributed by atoms with E-state index in [-0.39, 0.29) is 11.9 Å². The zero-order valence-corrected chi connectivity index (χ0v) is 15.8. The van der Waals surface area contributed by atoms with E-state index >= 15 is 0 Å². The fraction of sp³-hybridized carbons (Fsp3) is 0.318. The van der Waals surface area contributed by atoms with Gasteiger partial charge in [0.2, 0.25) is 5.91 Å². The summed E-state index contributed by atoms with van der Waals surface area (Å²) in [6, 6.07) is 16.3. The first-order valence-electron chi connectivity index (χ1n) is 9.12. The van der Waals surface area contributed by atoms with Crippen molar-refractivity contribution in [2.45, 2.75) is 54.5 Å². The van der Waals surface area contributed by atoms with Crippen molar-refractivity contribution in [2.24, 2.45) is 0 Å². The summed E-state index contributed by atoms with van der Waals surface area (Å²) in [5, 5.41) is 12.9. The highest BCUT2D eigenvalue weighted by atomic mass is 32.2. The Morgan fingerprint density at radius 1 is 1.12 bits per heavy atom. The first-order chi connectivity index (χ1) is 12.6. The fourth-order valence-electron chi connectivity index (χ4n) is 3.12. The van der Waals surface area contributed by atoms with Crippen LogP contribution < -0.4 is 5.32 Å². The van der Waals surface area contributed by atoms with Crippen LogP contribution in [0.25, 0.3) is 6.08 Å². The number of benzene rings is 2. The Balaban J connectivity index is 1.66. The molecule has 3 nitrogen and oxygen atoms in total. The van der Waals surface area contributed by atoms with Crippen LogP contribution in [-0.2, 0) is 4.79 Å². The van der Waals surface area contributed by atoms with Crippen LogP contribution in [0.5, 0.6) is 0 Å². The predicted octanol–water partition coefficient (Wildman–Crippen LogP) is 4.58. The minimum atomic E-state index is -0.425. The third-order valence-electron chi connectivity index (χ3n) is 4.64. The largest absolute Gasteiger partial charge is 0.391 e. The van der Waals surface area contributed by atoms with E-state index in [4.69, 9.17) is 0 Å². The molecule has 0 aromatic heterocycles. The van der Waals surface area contributed by atoms with Crippen LogP contribution in [0.1, 0.15) is 36.8 Å². The normalized spacial score (nSPS) is 20.2. The molecule has 0 aliphatic heterocycles. The number of nitrogens with one attached hydrogen (secondary N) is 1. The van der Waals surface area contributed by atoms with Crippen molar-refractivity contribution in [3.8, 4) is 0 Å². The van der Waals surface area contributed by atoms with E-state index in [9.17, 15) is 9.90 Å². The Kier molecular flexibility index (Phi) is 6.53. The third-order valence-corrected chi connectivity index (χ3v) is 5.74. The Labute approximate surface area is 159 Å². The van der Waals surface area contributed by atoms with Crippen molar-refractivity contribution in [1.82, 2.24) is 5.32 Å². The molecule has 0 spiro atoms. The smallest absolute Gasteiger partial charge is 0.244 e. The van der Waals surface area contributed by atoms with Gasteiger partial charge in [-0.05, 0) is 49.6 Å². The maximum atomic E-state index is 12.2. The lowest BCUT2D eigenvalue weighted by Crippen LogP contribution is -2.44. The highest BCUT2D eigenvalue weighted by Crippen LogP contribution is 2.31. The van der Waals surface area contributed by atoms with Crippen molar-refractivity contribution in [3.05, 3.63) is 65.7 Å². The Morgan fingerprint density at radius 3 is 2.62 bits per heavy atom. The van der Waals surface area contributed by atoms with E-state index in [0.29, 0.717) is 0 Å². The first kappa shape index (κ1) is 18.7. The summed E-state index contributed by atoms with van der Waals surface area (Å²) in [4.78, 5) is 14.5. The number of carbonyl (C=O) groups is 1. The monoisotopic (exact) mass is 367 g/mol. The number of hydrogen-bond acceptors (Lipinski definition) is 3. The molecule has 0 heterocycles. The first-order valence-corrected chi connectivity index (χ1v) is 9.93. The van der Waals surface area contributed by atoms with Gasteiger partial charge < -0.3 is 10.4 Å². The average Bonchev–Trinajstić information content (AvgIpc) is 2.65. The standard InChI is InChI=1S/C22H25NO2S/c1-16-10-13-18(14-11-16)26-21-9-5-2-6-17(21)12-15-22(25)23-19-7-3-4-8-20(19)24/h2,5-6,9-15,19-20,24H,3-4,7-8H2,1H3,(H,23,25). The van der Waals surface area contributed by atoms with Crippen LogP contribution >= 0.6 is 11.8 Å². The summed E-state index contributed by atoms with van der Waals surface area (Å²) in [6.07, 6.45) is 6.70. The van der Waals surface area contributed by atoms with Crippen LogP contribution in [0, 0.1) is 6.92 Å². The van der Waals surface area contributed by atoms with Gasteiger partial charge in [-0.15, -0.1) is 0 Å². The van der Waals surface area contributed by atoms with Gasteiger partial charge in [0.1, 0.15) is 0 Å². The second kappa shape index (κ2) is 9.06. The molecule has 26 heavy (non-hydrogen) atoms. The van der Waals surface area contributed by atoms with Crippen molar-refractivity contribution in [3.63, 3.8) is 0 Å². The molecule has 2 aromatic rings. The summed E-state index contributed by atoms with van der Waals surface area (Å²) in [7, 11) is 0. The van der Waals surface area contributed by atoms with Crippen LogP contribution in [0.4, 0.5) is 0 Å². The topological polar surface area (TPSA) is 49.3 Å². The van der Waals surface area contributed by atoms with Crippen molar-refractivity contribution >= 4 is 23.7 Å². The van der Waals surface area contributed by atoms with Gasteiger partial charge in [0.25, 0.3) is 0 Å². The third kappa shape index (κ3) is 5.23. The minimum Gasteiger partial charge on any atom is -0.391 e. The molecule has 2 N–H and O–H groups in total. The van der Waals surface area contributed by atoms with E-state index in [2.05, 4.69) is 42.6 Å². The highest BCUT2D eigenvalue weighted by Gasteiger charge is 2.23. The molecule has 2 aromatic carbocycles. The molecule has 1 amide bonds. The van der Waals surface area contributed by atoms with Crippen LogP contribution in [0.15, 0.2) is 64.4 Å². The van der Waals surface area contributed by atoms with Gasteiger partial charge in [0.05, 0.1) is 12.1 Å². The molecule has 1 aliphatic carbocycles. The molecule has 2 unspecified atom stereocenters. The Hall–Kier alpha value is -2.04. The van der Waals surface area contributed by atoms with Crippen LogP contribution in [0.3, 0.4) is 0 Å². The van der Waals surface area contributed by atoms with Crippen molar-refractivity contribution in [2.75, 3.05) is 0 Å². The average molecular weight is 368 g/mol. The molecule has 0 bridgehead atoms. The van der Waals surface area contributed by atoms with Crippen LogP contribution in [0.2, 0.25) is 0 Å². The van der Waals surface area contributed by atoms with Gasteiger partial charge in [-0.3, -0.25) is 4.79 Å². The molecule has 0 saturated heterocycles. The molecule has 3 rings (SSSR count). The molecule has 4 heteroatoms. The zero-order chi connectivity index (χ0) is 18.4. The number of amides is 1. The highest BCUT2D eigenvalue weighted by molar-refractivity contribution is 7.99. The summed E-state index contributed by atoms with van der Waals surface area (Å²) in [6.45, 7) is 2.08. The maximum Gasteiger partial charge on any atom is 0.244 e. The van der Waals surface area contributed by atoms with E-state index in [0.717, 1.165) is 36.1 Å². The maximum absolute atomic E-state index is 12.2. The zero-order valence-electron chi connectivity index (χ0n) is 15.0. The van der Waals surface area contributed by atoms with Gasteiger partial charge in [-0.1, -0.05) is 60.5 Å². The number of aliphatic hydroxyl groups excluding tert-OH is 1. The number of carbonyl (C=O) groups excluding carboxylic acids is 1. The lowest BCUT2D eigenvalue weighted by molar-refractivity contribution is -0.118. The molecule has 0 radical (unpaired) electrons. The SMILES string of the molecule is Cc1ccc(Sc2ccccc2C=CC(=O)NC2CCCCC2O)cc1. The molecule has 1 aliphatic rings. The van der Waals surface area contributed by atoms with Gasteiger partial charge in [-0.25, -0.2) is 0 Å². The molecule has 1 saturated carbocycles. The predicted molar refractivity (Wildman–Crippen MR) is 107 cm³/mol. The van der Waals surface area contributed by atoms with Crippen molar-refractivity contribution in [1.29, 1.82) is 0 Å². The Morgan fingerprint density at radius 2 is 1.85 bits per heavy atom. The number of aryl methyl sites for hydroxylation is 1. The molecular formula is C22H25NO2S. The van der Waals surface area contributed by atoms with E-state index in [1.54, 1.807) is 17.8 Å². The van der Waals surface area contributed by atoms with Gasteiger partial charge >= 0.3 is 0 Å². The van der Waals surface area contributed by atoms with E-state index in [1.807, 2.05) is 24.3 Å². The second-order valence-electron chi connectivity index (χ2n) is 6.75. The fourth-order valence-corrected chi connectivity index (χ4v) is 4.05. The summed E-state index contributed by atoms with van der Waals surface area (Å²) in [5.41, 5.74) is 2.25. The molecule has 1 fully saturated rings. The number of hydrogen-bond donors (Lipinski definition) is 2. The van der Waals surface area contributed by atoms with Crippen LogP contribution in [-0.4, -0.2) is 23.2 Å². The summed E-state index contributed by atoms with van der Waals surface area (Å²) < 4.78 is 0. The number of rotatable bonds is 5. The van der Waals surface area contributed by atoms with Crippen molar-refractivity contribution < 1.29 is 9.90 Å². The lowest BCUT2D eigenvalue weighted by atomic mass is 9.92. The van der Waals surface area contributed by atoms with E-state index in [1.165, 1.54) is 10.5 Å². The van der Waals surface area contributed by atoms with E-state index < -0.39 is 6.10 Å². The quantitative estimate of drug-likeness (QED) is 0.761.